The number of carbonyl (C=O) groups excluding carboxylic acids is 1. The molecule has 0 saturated carbocycles. The van der Waals surface area contributed by atoms with Gasteiger partial charge in [-0.2, -0.15) is 18.4 Å². The SMILES string of the molecule is COC(=O)c1ccc(CC(/C=C/c2ccccc2OCc2ccccc2C(F)(F)F)CCc2ccc(C#N)cc2)cc1. The van der Waals surface area contributed by atoms with Crippen molar-refractivity contribution < 1.29 is 27.4 Å². The number of para-hydroxylation sites is 1. The van der Waals surface area contributed by atoms with Crippen molar-refractivity contribution >= 4 is 12.0 Å². The molecule has 214 valence electrons. The summed E-state index contributed by atoms with van der Waals surface area (Å²) in [5, 5.41) is 9.08. The van der Waals surface area contributed by atoms with Crippen molar-refractivity contribution in [2.75, 3.05) is 7.11 Å². The van der Waals surface area contributed by atoms with Crippen LogP contribution in [0.4, 0.5) is 13.2 Å². The third-order valence-corrected chi connectivity index (χ3v) is 6.93. The lowest BCUT2D eigenvalue weighted by Crippen LogP contribution is -2.10. The Morgan fingerprint density at radius 2 is 1.57 bits per heavy atom. The summed E-state index contributed by atoms with van der Waals surface area (Å²) >= 11 is 0. The minimum atomic E-state index is -4.46. The van der Waals surface area contributed by atoms with E-state index >= 15 is 0 Å². The number of hydrogen-bond acceptors (Lipinski definition) is 4. The van der Waals surface area contributed by atoms with Gasteiger partial charge in [-0.25, -0.2) is 4.79 Å². The maximum absolute atomic E-state index is 13.5. The van der Waals surface area contributed by atoms with Crippen molar-refractivity contribution in [2.24, 2.45) is 5.92 Å². The maximum atomic E-state index is 13.5. The Labute approximate surface area is 243 Å². The largest absolute Gasteiger partial charge is 0.488 e. The van der Waals surface area contributed by atoms with Crippen LogP contribution in [0.2, 0.25) is 0 Å². The monoisotopic (exact) mass is 569 g/mol. The molecule has 0 bridgehead atoms. The zero-order valence-electron chi connectivity index (χ0n) is 23.1. The topological polar surface area (TPSA) is 59.3 Å². The second-order valence-electron chi connectivity index (χ2n) is 9.84. The Hall–Kier alpha value is -4.83. The summed E-state index contributed by atoms with van der Waals surface area (Å²) in [6.45, 7) is -0.213. The van der Waals surface area contributed by atoms with Crippen LogP contribution in [0.3, 0.4) is 0 Å². The summed E-state index contributed by atoms with van der Waals surface area (Å²) < 4.78 is 51.0. The summed E-state index contributed by atoms with van der Waals surface area (Å²) in [6.07, 6.45) is 1.87. The molecule has 1 atom stereocenters. The third kappa shape index (κ3) is 8.34. The number of benzene rings is 4. The normalized spacial score (nSPS) is 12.1. The zero-order valence-corrected chi connectivity index (χ0v) is 23.1. The van der Waals surface area contributed by atoms with Gasteiger partial charge in [0.2, 0.25) is 0 Å². The minimum absolute atomic E-state index is 0.0690. The first-order chi connectivity index (χ1) is 20.3. The first-order valence-electron chi connectivity index (χ1n) is 13.5. The van der Waals surface area contributed by atoms with Crippen LogP contribution < -0.4 is 4.74 Å². The van der Waals surface area contributed by atoms with Gasteiger partial charge in [0.05, 0.1) is 29.9 Å². The van der Waals surface area contributed by atoms with E-state index in [1.807, 2.05) is 42.5 Å². The van der Waals surface area contributed by atoms with Gasteiger partial charge in [-0.05, 0) is 72.7 Å². The third-order valence-electron chi connectivity index (χ3n) is 6.93. The highest BCUT2D eigenvalue weighted by Crippen LogP contribution is 2.33. The first-order valence-corrected chi connectivity index (χ1v) is 13.5. The molecule has 0 radical (unpaired) electrons. The molecule has 0 aliphatic heterocycles. The van der Waals surface area contributed by atoms with Crippen molar-refractivity contribution in [3.63, 3.8) is 0 Å². The zero-order chi connectivity index (χ0) is 30.0. The number of allylic oxidation sites excluding steroid dienone is 1. The minimum Gasteiger partial charge on any atom is -0.488 e. The van der Waals surface area contributed by atoms with E-state index in [9.17, 15) is 18.0 Å². The smallest absolute Gasteiger partial charge is 0.416 e. The molecule has 0 aliphatic carbocycles. The molecule has 0 saturated heterocycles. The Bertz CT molecular complexity index is 1550. The lowest BCUT2D eigenvalue weighted by Gasteiger charge is -2.16. The van der Waals surface area contributed by atoms with Crippen molar-refractivity contribution in [3.05, 3.63) is 142 Å². The summed E-state index contributed by atoms with van der Waals surface area (Å²) in [4.78, 5) is 11.8. The number of rotatable bonds is 11. The molecule has 4 nitrogen and oxygen atoms in total. The average molecular weight is 570 g/mol. The lowest BCUT2D eigenvalue weighted by molar-refractivity contribution is -0.138. The summed E-state index contributed by atoms with van der Waals surface area (Å²) in [6, 6.07) is 29.6. The summed E-state index contributed by atoms with van der Waals surface area (Å²) in [5.74, 6) is 0.191. The molecule has 42 heavy (non-hydrogen) atoms. The molecule has 7 heteroatoms. The molecule has 0 aliphatic rings. The highest BCUT2D eigenvalue weighted by molar-refractivity contribution is 5.89. The number of nitrogens with zero attached hydrogens (tertiary/aromatic N) is 1. The predicted molar refractivity (Wildman–Crippen MR) is 156 cm³/mol. The molecule has 4 rings (SSSR count). The highest BCUT2D eigenvalue weighted by atomic mass is 19.4. The van der Waals surface area contributed by atoms with E-state index in [1.54, 1.807) is 42.5 Å². The number of carbonyl (C=O) groups is 1. The second kappa shape index (κ2) is 14.2. The molecule has 4 aromatic rings. The number of halogens is 3. The number of ether oxygens (including phenoxy) is 2. The number of nitriles is 1. The molecule has 0 spiro atoms. The number of aryl methyl sites for hydroxylation is 1. The number of hydrogen-bond donors (Lipinski definition) is 0. The van der Waals surface area contributed by atoms with Crippen LogP contribution in [0.25, 0.3) is 6.08 Å². The van der Waals surface area contributed by atoms with E-state index < -0.39 is 17.7 Å². The molecule has 0 N–H and O–H groups in total. The number of alkyl halides is 3. The van der Waals surface area contributed by atoms with Gasteiger partial charge < -0.3 is 9.47 Å². The van der Waals surface area contributed by atoms with Gasteiger partial charge >= 0.3 is 12.1 Å². The van der Waals surface area contributed by atoms with Crippen LogP contribution >= 0.6 is 0 Å². The van der Waals surface area contributed by atoms with Crippen molar-refractivity contribution in [1.29, 1.82) is 5.26 Å². The highest BCUT2D eigenvalue weighted by Gasteiger charge is 2.33. The summed E-state index contributed by atoms with van der Waals surface area (Å²) in [7, 11) is 1.34. The van der Waals surface area contributed by atoms with Crippen LogP contribution in [-0.4, -0.2) is 13.1 Å². The van der Waals surface area contributed by atoms with Crippen LogP contribution in [0, 0.1) is 17.2 Å². The first kappa shape index (κ1) is 30.1. The fraction of sp³-hybridized carbons (Fsp3) is 0.200. The quantitative estimate of drug-likeness (QED) is 0.170. The van der Waals surface area contributed by atoms with Gasteiger partial charge in [-0.15, -0.1) is 0 Å². The van der Waals surface area contributed by atoms with Crippen molar-refractivity contribution in [1.82, 2.24) is 0 Å². The van der Waals surface area contributed by atoms with Crippen LogP contribution in [-0.2, 0) is 30.4 Å². The maximum Gasteiger partial charge on any atom is 0.416 e. The Morgan fingerprint density at radius 1 is 0.905 bits per heavy atom. The van der Waals surface area contributed by atoms with E-state index in [-0.39, 0.29) is 18.1 Å². The van der Waals surface area contributed by atoms with Gasteiger partial charge in [-0.3, -0.25) is 0 Å². The Kier molecular flexibility index (Phi) is 10.2. The fourth-order valence-electron chi connectivity index (χ4n) is 4.63. The van der Waals surface area contributed by atoms with Gasteiger partial charge in [0.25, 0.3) is 0 Å². The lowest BCUT2D eigenvalue weighted by atomic mass is 9.91. The number of esters is 1. The van der Waals surface area contributed by atoms with E-state index in [0.717, 1.165) is 35.6 Å². The van der Waals surface area contributed by atoms with Crippen LogP contribution in [0.5, 0.6) is 5.75 Å². The van der Waals surface area contributed by atoms with E-state index in [2.05, 4.69) is 12.1 Å². The van der Waals surface area contributed by atoms with Gasteiger partial charge in [-0.1, -0.05) is 72.8 Å². The Balaban J connectivity index is 1.53. The fourth-order valence-corrected chi connectivity index (χ4v) is 4.63. The molecular formula is C35H30F3NO3. The standard InChI is InChI=1S/C35H30F3NO3/c1-41-34(40)30-20-17-27(18-21-30)22-26(13-10-25-11-14-28(23-39)15-12-25)16-19-29-6-3-5-9-33(29)42-24-31-7-2-4-8-32(31)35(36,37)38/h2-9,11-12,14-21,26H,10,13,22,24H2,1H3/b19-16+. The van der Waals surface area contributed by atoms with Gasteiger partial charge in [0.15, 0.2) is 0 Å². The average Bonchev–Trinajstić information content (AvgIpc) is 3.01. The molecule has 0 fully saturated rings. The second-order valence-corrected chi connectivity index (χ2v) is 9.84. The molecule has 0 aromatic heterocycles. The van der Waals surface area contributed by atoms with Gasteiger partial charge in [0.1, 0.15) is 12.4 Å². The molecule has 4 aromatic carbocycles. The Morgan fingerprint density at radius 3 is 2.26 bits per heavy atom. The van der Waals surface area contributed by atoms with E-state index in [4.69, 9.17) is 14.7 Å². The van der Waals surface area contributed by atoms with E-state index in [1.165, 1.54) is 19.2 Å². The predicted octanol–water partition coefficient (Wildman–Crippen LogP) is 8.45. The molecule has 0 heterocycles. The van der Waals surface area contributed by atoms with Crippen molar-refractivity contribution in [3.8, 4) is 11.8 Å². The van der Waals surface area contributed by atoms with Gasteiger partial charge in [0, 0.05) is 11.1 Å². The molecular weight excluding hydrogens is 539 g/mol. The molecule has 0 amide bonds. The number of methoxy groups -OCH3 is 1. The summed E-state index contributed by atoms with van der Waals surface area (Å²) in [5.41, 5.74) is 3.36. The van der Waals surface area contributed by atoms with E-state index in [0.29, 0.717) is 23.3 Å². The van der Waals surface area contributed by atoms with Crippen LogP contribution in [0.15, 0.2) is 103 Å². The molecule has 1 unspecified atom stereocenters. The van der Waals surface area contributed by atoms with Crippen LogP contribution in [0.1, 0.15) is 50.2 Å². The van der Waals surface area contributed by atoms with Crippen molar-refractivity contribution in [2.45, 2.75) is 32.0 Å².